The van der Waals surface area contributed by atoms with Gasteiger partial charge in [0.25, 0.3) is 0 Å². The fourth-order valence-electron chi connectivity index (χ4n) is 0.820. The van der Waals surface area contributed by atoms with Crippen LogP contribution < -0.4 is 11.1 Å². The summed E-state index contributed by atoms with van der Waals surface area (Å²) >= 11 is 0. The molecule has 0 bridgehead atoms. The van der Waals surface area contributed by atoms with E-state index in [0.717, 1.165) is 0 Å². The monoisotopic (exact) mass is 218 g/mol. The normalized spacial score (nSPS) is 14.7. The fourth-order valence-corrected chi connectivity index (χ4v) is 0.820. The van der Waals surface area contributed by atoms with E-state index in [9.17, 15) is 9.59 Å². The number of amides is 1. The molecule has 0 rings (SSSR count). The lowest BCUT2D eigenvalue weighted by molar-refractivity contribution is -0.146. The van der Waals surface area contributed by atoms with Crippen molar-refractivity contribution in [3.8, 4) is 0 Å². The smallest absolute Gasteiger partial charge is 0.334 e. The molecule has 15 heavy (non-hydrogen) atoms. The number of carboxylic acid groups (broad SMARTS) is 1. The van der Waals surface area contributed by atoms with E-state index in [1.165, 1.54) is 0 Å². The van der Waals surface area contributed by atoms with Crippen molar-refractivity contribution in [2.45, 2.75) is 32.4 Å². The Labute approximate surface area is 88.5 Å². The van der Waals surface area contributed by atoms with Gasteiger partial charge in [0.15, 0.2) is 6.10 Å². The summed E-state index contributed by atoms with van der Waals surface area (Å²) in [4.78, 5) is 21.4. The van der Waals surface area contributed by atoms with Gasteiger partial charge in [-0.3, -0.25) is 4.79 Å². The summed E-state index contributed by atoms with van der Waals surface area (Å²) in [6, 6.07) is -0.257. The van der Waals surface area contributed by atoms with Gasteiger partial charge in [0, 0.05) is 12.5 Å². The molecule has 0 fully saturated rings. The second kappa shape index (κ2) is 6.36. The molecular weight excluding hydrogens is 200 g/mol. The van der Waals surface area contributed by atoms with E-state index in [-0.39, 0.29) is 30.8 Å². The maximum Gasteiger partial charge on any atom is 0.334 e. The molecule has 6 heteroatoms. The molecule has 6 nitrogen and oxygen atoms in total. The van der Waals surface area contributed by atoms with Crippen LogP contribution in [0.25, 0.3) is 0 Å². The topological polar surface area (TPSA) is 113 Å². The highest BCUT2D eigenvalue weighted by Crippen LogP contribution is 2.02. The molecular formula is C9H18N2O4. The van der Waals surface area contributed by atoms with Crippen molar-refractivity contribution >= 4 is 11.9 Å². The summed E-state index contributed by atoms with van der Waals surface area (Å²) in [5, 5.41) is 19.5. The SMILES string of the molecule is CC(C)C(N)CC(=O)NCC(O)C(=O)O. The second-order valence-electron chi connectivity index (χ2n) is 3.77. The molecule has 0 aliphatic heterocycles. The largest absolute Gasteiger partial charge is 0.479 e. The predicted molar refractivity (Wildman–Crippen MR) is 54.1 cm³/mol. The van der Waals surface area contributed by atoms with Crippen LogP contribution in [0.1, 0.15) is 20.3 Å². The number of aliphatic hydroxyl groups is 1. The zero-order valence-electron chi connectivity index (χ0n) is 8.93. The molecule has 0 aliphatic carbocycles. The summed E-state index contributed by atoms with van der Waals surface area (Å²) in [5.74, 6) is -1.53. The first-order valence-electron chi connectivity index (χ1n) is 4.77. The first kappa shape index (κ1) is 13.9. The number of nitrogens with two attached hydrogens (primary N) is 1. The molecule has 0 saturated heterocycles. The quantitative estimate of drug-likeness (QED) is 0.453. The Morgan fingerprint density at radius 2 is 1.93 bits per heavy atom. The molecule has 0 aromatic carbocycles. The lowest BCUT2D eigenvalue weighted by Crippen LogP contribution is -2.40. The molecule has 5 N–H and O–H groups in total. The molecule has 1 amide bonds. The number of aliphatic carboxylic acids is 1. The molecule has 2 atom stereocenters. The van der Waals surface area contributed by atoms with Gasteiger partial charge in [0.2, 0.25) is 5.91 Å². The summed E-state index contributed by atoms with van der Waals surface area (Å²) < 4.78 is 0. The molecule has 0 aliphatic rings. The van der Waals surface area contributed by atoms with Gasteiger partial charge >= 0.3 is 5.97 Å². The third kappa shape index (κ3) is 6.03. The Balaban J connectivity index is 3.80. The molecule has 88 valence electrons. The number of carbonyl (C=O) groups excluding carboxylic acids is 1. The summed E-state index contributed by atoms with van der Waals surface area (Å²) in [6.07, 6.45) is -1.44. The van der Waals surface area contributed by atoms with Crippen molar-refractivity contribution in [2.75, 3.05) is 6.54 Å². The number of nitrogens with one attached hydrogen (secondary N) is 1. The number of hydrogen-bond acceptors (Lipinski definition) is 4. The maximum absolute atomic E-state index is 11.2. The van der Waals surface area contributed by atoms with E-state index in [2.05, 4.69) is 5.32 Å². The summed E-state index contributed by atoms with van der Waals surface area (Å²) in [5.41, 5.74) is 5.64. The van der Waals surface area contributed by atoms with Crippen molar-refractivity contribution in [3.05, 3.63) is 0 Å². The van der Waals surface area contributed by atoms with Gasteiger partial charge in [-0.25, -0.2) is 4.79 Å². The first-order valence-corrected chi connectivity index (χ1v) is 4.77. The number of aliphatic hydroxyl groups excluding tert-OH is 1. The Morgan fingerprint density at radius 3 is 2.33 bits per heavy atom. The highest BCUT2D eigenvalue weighted by atomic mass is 16.4. The van der Waals surface area contributed by atoms with Gasteiger partial charge in [0.1, 0.15) is 0 Å². The van der Waals surface area contributed by atoms with Crippen LogP contribution in [0.4, 0.5) is 0 Å². The van der Waals surface area contributed by atoms with Crippen molar-refractivity contribution in [1.29, 1.82) is 0 Å². The van der Waals surface area contributed by atoms with Crippen LogP contribution >= 0.6 is 0 Å². The van der Waals surface area contributed by atoms with Gasteiger partial charge in [-0.15, -0.1) is 0 Å². The highest BCUT2D eigenvalue weighted by Gasteiger charge is 2.16. The van der Waals surface area contributed by atoms with Crippen molar-refractivity contribution in [3.63, 3.8) is 0 Å². The Morgan fingerprint density at radius 1 is 1.40 bits per heavy atom. The minimum atomic E-state index is -1.57. The Kier molecular flexibility index (Phi) is 5.88. The van der Waals surface area contributed by atoms with E-state index in [1.807, 2.05) is 13.8 Å². The zero-order chi connectivity index (χ0) is 12.0. The number of rotatable bonds is 6. The lowest BCUT2D eigenvalue weighted by Gasteiger charge is -2.15. The molecule has 0 saturated carbocycles. The summed E-state index contributed by atoms with van der Waals surface area (Å²) in [6.45, 7) is 3.49. The van der Waals surface area contributed by atoms with E-state index in [4.69, 9.17) is 15.9 Å². The standard InChI is InChI=1S/C9H18N2O4/c1-5(2)6(10)3-8(13)11-4-7(12)9(14)15/h5-7,12H,3-4,10H2,1-2H3,(H,11,13)(H,14,15). The molecule has 2 unspecified atom stereocenters. The van der Waals surface area contributed by atoms with Crippen molar-refractivity contribution in [2.24, 2.45) is 11.7 Å². The predicted octanol–water partition coefficient (Wildman–Crippen LogP) is -1.08. The van der Waals surface area contributed by atoms with E-state index >= 15 is 0 Å². The molecule has 0 aromatic rings. The Hall–Kier alpha value is -1.14. The van der Waals surface area contributed by atoms with E-state index < -0.39 is 12.1 Å². The van der Waals surface area contributed by atoms with Crippen LogP contribution in [0, 0.1) is 5.92 Å². The maximum atomic E-state index is 11.2. The zero-order valence-corrected chi connectivity index (χ0v) is 8.93. The van der Waals surface area contributed by atoms with Crippen LogP contribution in [0.2, 0.25) is 0 Å². The third-order valence-electron chi connectivity index (χ3n) is 2.06. The number of hydrogen-bond donors (Lipinski definition) is 4. The molecule has 0 aromatic heterocycles. The number of carboxylic acids is 1. The van der Waals surface area contributed by atoms with Crippen LogP contribution in [0.5, 0.6) is 0 Å². The average molecular weight is 218 g/mol. The minimum absolute atomic E-state index is 0.129. The first-order chi connectivity index (χ1) is 6.84. The highest BCUT2D eigenvalue weighted by molar-refractivity contribution is 5.78. The lowest BCUT2D eigenvalue weighted by atomic mass is 10.0. The van der Waals surface area contributed by atoms with Gasteiger partial charge in [-0.05, 0) is 5.92 Å². The fraction of sp³-hybridized carbons (Fsp3) is 0.778. The van der Waals surface area contributed by atoms with Crippen LogP contribution in [0.3, 0.4) is 0 Å². The van der Waals surface area contributed by atoms with E-state index in [0.29, 0.717) is 0 Å². The number of carbonyl (C=O) groups is 2. The average Bonchev–Trinajstić information content (AvgIpc) is 2.13. The van der Waals surface area contributed by atoms with Gasteiger partial charge in [0.05, 0.1) is 6.54 Å². The Bertz CT molecular complexity index is 230. The van der Waals surface area contributed by atoms with E-state index in [1.54, 1.807) is 0 Å². The van der Waals surface area contributed by atoms with Gasteiger partial charge < -0.3 is 21.3 Å². The molecule has 0 radical (unpaired) electrons. The van der Waals surface area contributed by atoms with Gasteiger partial charge in [-0.1, -0.05) is 13.8 Å². The molecule has 0 spiro atoms. The van der Waals surface area contributed by atoms with Crippen LogP contribution in [-0.4, -0.2) is 40.8 Å². The van der Waals surface area contributed by atoms with Crippen LogP contribution in [-0.2, 0) is 9.59 Å². The third-order valence-corrected chi connectivity index (χ3v) is 2.06. The van der Waals surface area contributed by atoms with Gasteiger partial charge in [-0.2, -0.15) is 0 Å². The van der Waals surface area contributed by atoms with Crippen molar-refractivity contribution < 1.29 is 19.8 Å². The minimum Gasteiger partial charge on any atom is -0.479 e. The second-order valence-corrected chi connectivity index (χ2v) is 3.77. The molecule has 0 heterocycles. The van der Waals surface area contributed by atoms with Crippen LogP contribution in [0.15, 0.2) is 0 Å². The van der Waals surface area contributed by atoms with Crippen molar-refractivity contribution in [1.82, 2.24) is 5.32 Å². The summed E-state index contributed by atoms with van der Waals surface area (Å²) in [7, 11) is 0.